The molecule has 2 rings (SSSR count). The number of anilines is 1. The third kappa shape index (κ3) is 6.14. The van der Waals surface area contributed by atoms with Gasteiger partial charge in [0.25, 0.3) is 10.0 Å². The Labute approximate surface area is 162 Å². The lowest BCUT2D eigenvalue weighted by Gasteiger charge is -2.15. The first-order chi connectivity index (χ1) is 12.6. The zero-order valence-corrected chi connectivity index (χ0v) is 16.4. The average molecular weight is 420 g/mol. The zero-order valence-electron chi connectivity index (χ0n) is 14.8. The lowest BCUT2D eigenvalue weighted by Crippen LogP contribution is -2.17. The van der Waals surface area contributed by atoms with Gasteiger partial charge in [0.05, 0.1) is 16.1 Å². The van der Waals surface area contributed by atoms with E-state index in [-0.39, 0.29) is 9.92 Å². The van der Waals surface area contributed by atoms with Crippen molar-refractivity contribution >= 4 is 27.3 Å². The standard InChI is InChI=1S/C19H21ClF3NO2S/c1-2-3-4-5-6-14-7-10-16(11-8-14)27(25,26)24-18-12-9-15(20)13-17(18)19(21,22)23/h7-13,24H,2-6H2,1H3. The summed E-state index contributed by atoms with van der Waals surface area (Å²) < 4.78 is 66.4. The Hall–Kier alpha value is -1.73. The molecule has 0 saturated heterocycles. The van der Waals surface area contributed by atoms with Gasteiger partial charge in [0, 0.05) is 5.02 Å². The third-order valence-electron chi connectivity index (χ3n) is 4.08. The summed E-state index contributed by atoms with van der Waals surface area (Å²) in [6.45, 7) is 2.12. The van der Waals surface area contributed by atoms with E-state index in [1.807, 2.05) is 4.72 Å². The first-order valence-electron chi connectivity index (χ1n) is 8.62. The summed E-state index contributed by atoms with van der Waals surface area (Å²) in [4.78, 5) is -0.0946. The number of benzene rings is 2. The number of alkyl halides is 3. The van der Waals surface area contributed by atoms with Gasteiger partial charge in [0.2, 0.25) is 0 Å². The second kappa shape index (κ2) is 8.97. The molecule has 8 heteroatoms. The number of hydrogen-bond acceptors (Lipinski definition) is 2. The zero-order chi connectivity index (χ0) is 20.1. The van der Waals surface area contributed by atoms with E-state index in [9.17, 15) is 21.6 Å². The Bertz CT molecular complexity index is 866. The number of unbranched alkanes of at least 4 members (excludes halogenated alkanes) is 3. The molecular formula is C19H21ClF3NO2S. The van der Waals surface area contributed by atoms with E-state index in [4.69, 9.17) is 11.6 Å². The van der Waals surface area contributed by atoms with Crippen molar-refractivity contribution in [2.45, 2.75) is 50.1 Å². The summed E-state index contributed by atoms with van der Waals surface area (Å²) in [5.74, 6) is 0. The molecule has 0 unspecified atom stereocenters. The summed E-state index contributed by atoms with van der Waals surface area (Å²) in [6, 6.07) is 9.08. The molecule has 2 aromatic rings. The molecule has 0 radical (unpaired) electrons. The summed E-state index contributed by atoms with van der Waals surface area (Å²) in [6.07, 6.45) is 0.507. The van der Waals surface area contributed by atoms with E-state index in [1.165, 1.54) is 18.2 Å². The van der Waals surface area contributed by atoms with Gasteiger partial charge >= 0.3 is 6.18 Å². The average Bonchev–Trinajstić information content (AvgIpc) is 2.60. The molecule has 148 valence electrons. The van der Waals surface area contributed by atoms with E-state index in [0.29, 0.717) is 6.07 Å². The Kier molecular flexibility index (Phi) is 7.17. The predicted molar refractivity (Wildman–Crippen MR) is 102 cm³/mol. The monoisotopic (exact) mass is 419 g/mol. The van der Waals surface area contributed by atoms with Gasteiger partial charge in [0.15, 0.2) is 0 Å². The molecule has 1 N–H and O–H groups in total. The quantitative estimate of drug-likeness (QED) is 0.511. The first-order valence-corrected chi connectivity index (χ1v) is 10.5. The van der Waals surface area contributed by atoms with E-state index in [0.717, 1.165) is 43.7 Å². The van der Waals surface area contributed by atoms with Gasteiger partial charge in [-0.25, -0.2) is 8.42 Å². The van der Waals surface area contributed by atoms with Gasteiger partial charge < -0.3 is 0 Å². The lowest BCUT2D eigenvalue weighted by atomic mass is 10.1. The predicted octanol–water partition coefficient (Wildman–Crippen LogP) is 6.28. The molecule has 0 bridgehead atoms. The third-order valence-corrected chi connectivity index (χ3v) is 5.70. The Morgan fingerprint density at radius 2 is 1.67 bits per heavy atom. The summed E-state index contributed by atoms with van der Waals surface area (Å²) in [5, 5.41) is -0.127. The van der Waals surface area contributed by atoms with Gasteiger partial charge in [-0.1, -0.05) is 49.9 Å². The Morgan fingerprint density at radius 3 is 2.26 bits per heavy atom. The van der Waals surface area contributed by atoms with Crippen LogP contribution in [0.4, 0.5) is 18.9 Å². The summed E-state index contributed by atoms with van der Waals surface area (Å²) in [7, 11) is -4.15. The van der Waals surface area contributed by atoms with Crippen LogP contribution in [0.5, 0.6) is 0 Å². The number of hydrogen-bond donors (Lipinski definition) is 1. The Balaban J connectivity index is 2.18. The normalized spacial score (nSPS) is 12.2. The molecule has 0 aliphatic heterocycles. The van der Waals surface area contributed by atoms with E-state index >= 15 is 0 Å². The van der Waals surface area contributed by atoms with Crippen molar-refractivity contribution in [3.05, 3.63) is 58.6 Å². The van der Waals surface area contributed by atoms with Crippen LogP contribution < -0.4 is 4.72 Å². The fourth-order valence-electron chi connectivity index (χ4n) is 2.63. The maximum absolute atomic E-state index is 13.1. The molecule has 0 atom stereocenters. The maximum Gasteiger partial charge on any atom is 0.418 e. The van der Waals surface area contributed by atoms with Crippen molar-refractivity contribution in [3.8, 4) is 0 Å². The van der Waals surface area contributed by atoms with Gasteiger partial charge in [0.1, 0.15) is 0 Å². The topological polar surface area (TPSA) is 46.2 Å². The molecule has 3 nitrogen and oxygen atoms in total. The Morgan fingerprint density at radius 1 is 1.00 bits per heavy atom. The summed E-state index contributed by atoms with van der Waals surface area (Å²) >= 11 is 5.61. The van der Waals surface area contributed by atoms with Crippen molar-refractivity contribution in [2.24, 2.45) is 0 Å². The number of rotatable bonds is 8. The molecule has 0 aliphatic rings. The highest BCUT2D eigenvalue weighted by atomic mass is 35.5. The minimum Gasteiger partial charge on any atom is -0.279 e. The number of sulfonamides is 1. The number of nitrogens with one attached hydrogen (secondary N) is 1. The van der Waals surface area contributed by atoms with Crippen molar-refractivity contribution in [1.29, 1.82) is 0 Å². The van der Waals surface area contributed by atoms with Gasteiger partial charge in [-0.3, -0.25) is 4.72 Å². The highest BCUT2D eigenvalue weighted by molar-refractivity contribution is 7.92. The number of aryl methyl sites for hydroxylation is 1. The van der Waals surface area contributed by atoms with Crippen LogP contribution in [0, 0.1) is 0 Å². The molecule has 0 aliphatic carbocycles. The fraction of sp³-hybridized carbons (Fsp3) is 0.368. The number of halogens is 4. The molecule has 0 aromatic heterocycles. The molecule has 0 fully saturated rings. The van der Waals surface area contributed by atoms with Gasteiger partial charge in [-0.05, 0) is 48.7 Å². The van der Waals surface area contributed by atoms with Crippen molar-refractivity contribution in [1.82, 2.24) is 0 Å². The van der Waals surface area contributed by atoms with Crippen LogP contribution in [0.15, 0.2) is 47.4 Å². The smallest absolute Gasteiger partial charge is 0.279 e. The molecule has 27 heavy (non-hydrogen) atoms. The maximum atomic E-state index is 13.1. The molecule has 0 spiro atoms. The van der Waals surface area contributed by atoms with Crippen molar-refractivity contribution in [3.63, 3.8) is 0 Å². The van der Waals surface area contributed by atoms with Crippen molar-refractivity contribution in [2.75, 3.05) is 4.72 Å². The largest absolute Gasteiger partial charge is 0.418 e. The second-order valence-corrected chi connectivity index (χ2v) is 8.37. The summed E-state index contributed by atoms with van der Waals surface area (Å²) in [5.41, 5.74) is -0.700. The first kappa shape index (κ1) is 21.6. The SMILES string of the molecule is CCCCCCc1ccc(S(=O)(=O)Nc2ccc(Cl)cc2C(F)(F)F)cc1. The van der Waals surface area contributed by atoms with Crippen LogP contribution in [0.3, 0.4) is 0 Å². The van der Waals surface area contributed by atoms with Crippen LogP contribution in [0.2, 0.25) is 5.02 Å². The van der Waals surface area contributed by atoms with Crippen LogP contribution in [-0.4, -0.2) is 8.42 Å². The molecule has 0 heterocycles. The van der Waals surface area contributed by atoms with Crippen molar-refractivity contribution < 1.29 is 21.6 Å². The van der Waals surface area contributed by atoms with Gasteiger partial charge in [-0.15, -0.1) is 0 Å². The van der Waals surface area contributed by atoms with E-state index in [1.54, 1.807) is 12.1 Å². The minimum absolute atomic E-state index is 0.0946. The fourth-order valence-corrected chi connectivity index (χ4v) is 3.89. The molecule has 0 saturated carbocycles. The lowest BCUT2D eigenvalue weighted by molar-refractivity contribution is -0.136. The minimum atomic E-state index is -4.73. The molecule has 2 aromatic carbocycles. The highest BCUT2D eigenvalue weighted by Gasteiger charge is 2.35. The van der Waals surface area contributed by atoms with Crippen LogP contribution in [0.1, 0.15) is 43.7 Å². The van der Waals surface area contributed by atoms with Crippen LogP contribution in [-0.2, 0) is 22.6 Å². The van der Waals surface area contributed by atoms with E-state index < -0.39 is 27.5 Å². The van der Waals surface area contributed by atoms with Crippen LogP contribution >= 0.6 is 11.6 Å². The second-order valence-electron chi connectivity index (χ2n) is 6.25. The van der Waals surface area contributed by atoms with Gasteiger partial charge in [-0.2, -0.15) is 13.2 Å². The molecular weight excluding hydrogens is 399 g/mol. The van der Waals surface area contributed by atoms with E-state index in [2.05, 4.69) is 6.92 Å². The molecule has 0 amide bonds. The van der Waals surface area contributed by atoms with Crippen LogP contribution in [0.25, 0.3) is 0 Å². The highest BCUT2D eigenvalue weighted by Crippen LogP contribution is 2.37.